The van der Waals surface area contributed by atoms with E-state index in [1.807, 2.05) is 13.1 Å². The molecule has 0 saturated carbocycles. The van der Waals surface area contributed by atoms with Crippen molar-refractivity contribution < 1.29 is 0 Å². The highest BCUT2D eigenvalue weighted by Crippen LogP contribution is 2.33. The van der Waals surface area contributed by atoms with Gasteiger partial charge in [0.25, 0.3) is 0 Å². The Morgan fingerprint density at radius 2 is 1.63 bits per heavy atom. The summed E-state index contributed by atoms with van der Waals surface area (Å²) in [5, 5.41) is 0. The Kier molecular flexibility index (Phi) is 2.88. The monoisotopic (exact) mass is 260 g/mol. The van der Waals surface area contributed by atoms with Crippen molar-refractivity contribution in [3.05, 3.63) is 23.4 Å². The number of fused-ring (bicyclic) bond motifs is 1. The van der Waals surface area contributed by atoms with Gasteiger partial charge in [-0.1, -0.05) is 41.5 Å². The summed E-state index contributed by atoms with van der Waals surface area (Å²) in [6.07, 6.45) is 1.81. The van der Waals surface area contributed by atoms with Crippen LogP contribution in [0.15, 0.2) is 6.20 Å². The molecule has 0 saturated heterocycles. The van der Waals surface area contributed by atoms with Crippen LogP contribution in [-0.4, -0.2) is 14.4 Å². The molecular weight excluding hydrogens is 236 g/mol. The molecule has 2 heterocycles. The second kappa shape index (κ2) is 3.95. The number of nitrogens with zero attached hydrogens (tertiary/aromatic N) is 3. The molecular formula is C15H24N4. The van der Waals surface area contributed by atoms with Gasteiger partial charge in [0.15, 0.2) is 0 Å². The van der Waals surface area contributed by atoms with Crippen LogP contribution in [0.4, 0.5) is 5.82 Å². The Morgan fingerprint density at radius 1 is 1.05 bits per heavy atom. The summed E-state index contributed by atoms with van der Waals surface area (Å²) >= 11 is 0. The fourth-order valence-corrected chi connectivity index (χ4v) is 2.31. The van der Waals surface area contributed by atoms with Crippen LogP contribution in [0.3, 0.4) is 0 Å². The fourth-order valence-electron chi connectivity index (χ4n) is 2.31. The van der Waals surface area contributed by atoms with Gasteiger partial charge in [-0.25, -0.2) is 9.97 Å². The zero-order valence-corrected chi connectivity index (χ0v) is 13.0. The van der Waals surface area contributed by atoms with Crippen molar-refractivity contribution in [1.29, 1.82) is 0 Å². The first kappa shape index (κ1) is 13.8. The van der Waals surface area contributed by atoms with Crippen LogP contribution in [0.5, 0.6) is 0 Å². The average molecular weight is 260 g/mol. The Balaban J connectivity index is 2.98. The molecule has 2 N–H and O–H groups in total. The molecule has 4 heteroatoms. The molecule has 2 rings (SSSR count). The molecule has 104 valence electrons. The van der Waals surface area contributed by atoms with Crippen molar-refractivity contribution in [2.24, 2.45) is 0 Å². The summed E-state index contributed by atoms with van der Waals surface area (Å²) < 4.78 is 2.16. The lowest BCUT2D eigenvalue weighted by Gasteiger charge is -2.18. The second-order valence-electron chi connectivity index (χ2n) is 7.25. The van der Waals surface area contributed by atoms with Crippen LogP contribution in [0.25, 0.3) is 5.52 Å². The second-order valence-corrected chi connectivity index (χ2v) is 7.25. The molecule has 0 atom stereocenters. The molecule has 0 aliphatic carbocycles. The van der Waals surface area contributed by atoms with Crippen LogP contribution in [0, 0.1) is 6.92 Å². The van der Waals surface area contributed by atoms with Crippen molar-refractivity contribution >= 4 is 11.3 Å². The standard InChI is InChI=1S/C15H24N4/c1-9-8-17-12(16)10-11(14(2,3)4)18-13(19(9)10)15(5,6)7/h8H,1-7H3,(H2,16,17). The summed E-state index contributed by atoms with van der Waals surface area (Å²) in [5.41, 5.74) is 9.06. The van der Waals surface area contributed by atoms with Gasteiger partial charge in [-0.15, -0.1) is 0 Å². The van der Waals surface area contributed by atoms with Gasteiger partial charge in [-0.05, 0) is 6.92 Å². The topological polar surface area (TPSA) is 56.2 Å². The van der Waals surface area contributed by atoms with E-state index in [1.54, 1.807) is 0 Å². The predicted octanol–water partition coefficient (Wildman–Crippen LogP) is 3.21. The smallest absolute Gasteiger partial charge is 0.149 e. The number of hydrogen-bond acceptors (Lipinski definition) is 3. The van der Waals surface area contributed by atoms with E-state index in [1.165, 1.54) is 0 Å². The van der Waals surface area contributed by atoms with Crippen molar-refractivity contribution in [3.63, 3.8) is 0 Å². The first-order valence-corrected chi connectivity index (χ1v) is 6.68. The molecule has 0 aromatic carbocycles. The van der Waals surface area contributed by atoms with Crippen LogP contribution >= 0.6 is 0 Å². The number of nitrogens with two attached hydrogens (primary N) is 1. The summed E-state index contributed by atoms with van der Waals surface area (Å²) in [6.45, 7) is 15.0. The lowest BCUT2D eigenvalue weighted by molar-refractivity contribution is 0.527. The molecule has 0 radical (unpaired) electrons. The van der Waals surface area contributed by atoms with Gasteiger partial charge in [0, 0.05) is 22.7 Å². The van der Waals surface area contributed by atoms with E-state index in [4.69, 9.17) is 10.7 Å². The number of imidazole rings is 1. The summed E-state index contributed by atoms with van der Waals surface area (Å²) in [6, 6.07) is 0. The first-order chi connectivity index (χ1) is 8.53. The summed E-state index contributed by atoms with van der Waals surface area (Å²) in [5.74, 6) is 1.59. The maximum atomic E-state index is 6.11. The van der Waals surface area contributed by atoms with Crippen molar-refractivity contribution in [2.75, 3.05) is 5.73 Å². The van der Waals surface area contributed by atoms with Crippen molar-refractivity contribution in [3.8, 4) is 0 Å². The molecule has 0 aliphatic heterocycles. The van der Waals surface area contributed by atoms with Gasteiger partial charge >= 0.3 is 0 Å². The largest absolute Gasteiger partial charge is 0.382 e. The third-order valence-electron chi connectivity index (χ3n) is 3.24. The molecule has 0 unspecified atom stereocenters. The molecule has 2 aromatic heterocycles. The van der Waals surface area contributed by atoms with E-state index in [9.17, 15) is 0 Å². The van der Waals surface area contributed by atoms with Crippen LogP contribution < -0.4 is 5.73 Å². The van der Waals surface area contributed by atoms with Crippen LogP contribution in [-0.2, 0) is 10.8 Å². The van der Waals surface area contributed by atoms with E-state index < -0.39 is 0 Å². The Labute approximate surface area is 115 Å². The molecule has 0 spiro atoms. The molecule has 2 aromatic rings. The van der Waals surface area contributed by atoms with E-state index in [2.05, 4.69) is 50.9 Å². The quantitative estimate of drug-likeness (QED) is 0.791. The van der Waals surface area contributed by atoms with Gasteiger partial charge in [-0.2, -0.15) is 0 Å². The maximum absolute atomic E-state index is 6.11. The van der Waals surface area contributed by atoms with Gasteiger partial charge in [0.1, 0.15) is 17.2 Å². The third kappa shape index (κ3) is 2.20. The lowest BCUT2D eigenvalue weighted by Crippen LogP contribution is -2.17. The Morgan fingerprint density at radius 3 is 2.11 bits per heavy atom. The minimum Gasteiger partial charge on any atom is -0.382 e. The molecule has 19 heavy (non-hydrogen) atoms. The maximum Gasteiger partial charge on any atom is 0.149 e. The number of aryl methyl sites for hydroxylation is 1. The Hall–Kier alpha value is -1.58. The third-order valence-corrected chi connectivity index (χ3v) is 3.24. The average Bonchev–Trinajstić information content (AvgIpc) is 2.63. The zero-order valence-electron chi connectivity index (χ0n) is 13.0. The number of nitrogen functional groups attached to an aromatic ring is 1. The highest BCUT2D eigenvalue weighted by molar-refractivity contribution is 5.71. The zero-order chi connectivity index (χ0) is 14.6. The highest BCUT2D eigenvalue weighted by Gasteiger charge is 2.29. The SMILES string of the molecule is Cc1cnc(N)c2c(C(C)(C)C)nc(C(C)(C)C)n12. The van der Waals surface area contributed by atoms with Crippen LogP contribution in [0.2, 0.25) is 0 Å². The van der Waals surface area contributed by atoms with Crippen LogP contribution in [0.1, 0.15) is 58.8 Å². The van der Waals surface area contributed by atoms with E-state index in [-0.39, 0.29) is 10.8 Å². The fraction of sp³-hybridized carbons (Fsp3) is 0.600. The Bertz CT molecular complexity index is 570. The summed E-state index contributed by atoms with van der Waals surface area (Å²) in [4.78, 5) is 9.19. The van der Waals surface area contributed by atoms with Crippen molar-refractivity contribution in [1.82, 2.24) is 14.4 Å². The molecule has 0 amide bonds. The highest BCUT2D eigenvalue weighted by atomic mass is 15.1. The first-order valence-electron chi connectivity index (χ1n) is 6.68. The van der Waals surface area contributed by atoms with Gasteiger partial charge in [0.2, 0.25) is 0 Å². The van der Waals surface area contributed by atoms with E-state index in [0.29, 0.717) is 5.82 Å². The lowest BCUT2D eigenvalue weighted by atomic mass is 9.91. The molecule has 0 fully saturated rings. The molecule has 4 nitrogen and oxygen atoms in total. The number of anilines is 1. The van der Waals surface area contributed by atoms with Crippen molar-refractivity contribution in [2.45, 2.75) is 59.3 Å². The predicted molar refractivity (Wildman–Crippen MR) is 79.5 cm³/mol. The minimum atomic E-state index is -0.0572. The number of aromatic nitrogens is 3. The minimum absolute atomic E-state index is 0.0367. The molecule has 0 bridgehead atoms. The van der Waals surface area contributed by atoms with Gasteiger partial charge in [0.05, 0.1) is 5.69 Å². The normalized spacial score (nSPS) is 13.2. The van der Waals surface area contributed by atoms with Gasteiger partial charge in [-0.3, -0.25) is 4.40 Å². The van der Waals surface area contributed by atoms with E-state index >= 15 is 0 Å². The van der Waals surface area contributed by atoms with Gasteiger partial charge < -0.3 is 5.73 Å². The van der Waals surface area contributed by atoms with E-state index in [0.717, 1.165) is 22.7 Å². The number of hydrogen-bond donors (Lipinski definition) is 1. The summed E-state index contributed by atoms with van der Waals surface area (Å²) in [7, 11) is 0. The molecule has 0 aliphatic rings. The number of rotatable bonds is 0.